The first-order chi connectivity index (χ1) is 12.8. The zero-order chi connectivity index (χ0) is 20.0. The summed E-state index contributed by atoms with van der Waals surface area (Å²) in [6, 6.07) is 10.8. The molecule has 0 atom stereocenters. The molecule has 0 aliphatic heterocycles. The fourth-order valence-electron chi connectivity index (χ4n) is 2.13. The van der Waals surface area contributed by atoms with Crippen LogP contribution < -0.4 is 10.1 Å². The van der Waals surface area contributed by atoms with Crippen LogP contribution >= 0.6 is 31.9 Å². The summed E-state index contributed by atoms with van der Waals surface area (Å²) in [6.45, 7) is 4.54. The maximum atomic E-state index is 13.0. The molecule has 140 valence electrons. The van der Waals surface area contributed by atoms with E-state index in [1.807, 2.05) is 26.0 Å². The van der Waals surface area contributed by atoms with Gasteiger partial charge >= 0.3 is 0 Å². The number of carbonyl (C=O) groups is 1. The first kappa shape index (κ1) is 21.1. The van der Waals surface area contributed by atoms with E-state index >= 15 is 0 Å². The molecule has 7 heteroatoms. The lowest BCUT2D eigenvalue weighted by Gasteiger charge is -2.14. The highest BCUT2D eigenvalue weighted by molar-refractivity contribution is 9.11. The number of nitriles is 1. The zero-order valence-electron chi connectivity index (χ0n) is 14.7. The molecule has 4 nitrogen and oxygen atoms in total. The van der Waals surface area contributed by atoms with Crippen LogP contribution in [-0.4, -0.2) is 12.5 Å². The molecule has 0 aliphatic rings. The Balaban J connectivity index is 2.34. The van der Waals surface area contributed by atoms with Crippen molar-refractivity contribution < 1.29 is 13.9 Å². The summed E-state index contributed by atoms with van der Waals surface area (Å²) in [4.78, 5) is 12.4. The average Bonchev–Trinajstić information content (AvgIpc) is 2.60. The minimum atomic E-state index is -0.588. The van der Waals surface area contributed by atoms with Crippen LogP contribution in [0, 0.1) is 23.1 Å². The fraction of sp³-hybridized carbons (Fsp3) is 0.200. The summed E-state index contributed by atoms with van der Waals surface area (Å²) in [5.41, 5.74) is 0.885. The average molecular weight is 496 g/mol. The van der Waals surface area contributed by atoms with E-state index in [1.165, 1.54) is 30.3 Å². The van der Waals surface area contributed by atoms with Crippen molar-refractivity contribution in [2.24, 2.45) is 5.92 Å². The third-order valence-corrected chi connectivity index (χ3v) is 4.41. The lowest BCUT2D eigenvalue weighted by molar-refractivity contribution is -0.112. The van der Waals surface area contributed by atoms with Gasteiger partial charge in [0.15, 0.2) is 0 Å². The van der Waals surface area contributed by atoms with Crippen LogP contribution in [0.25, 0.3) is 6.08 Å². The van der Waals surface area contributed by atoms with Gasteiger partial charge in [-0.3, -0.25) is 4.79 Å². The van der Waals surface area contributed by atoms with Crippen molar-refractivity contribution >= 4 is 49.5 Å². The highest BCUT2D eigenvalue weighted by Gasteiger charge is 2.14. The van der Waals surface area contributed by atoms with E-state index in [1.54, 1.807) is 6.07 Å². The van der Waals surface area contributed by atoms with E-state index in [9.17, 15) is 14.4 Å². The SMILES string of the molecule is CC(C)COc1c(Br)cc(Br)cc1/C=C(\C#N)C(=O)Nc1ccc(F)cc1. The number of nitrogens with one attached hydrogen (secondary N) is 1. The van der Waals surface area contributed by atoms with Crippen LogP contribution in [0.1, 0.15) is 19.4 Å². The molecule has 2 rings (SSSR count). The molecule has 0 aliphatic carbocycles. The minimum Gasteiger partial charge on any atom is -0.492 e. The Morgan fingerprint density at radius 1 is 1.30 bits per heavy atom. The van der Waals surface area contributed by atoms with Crippen molar-refractivity contribution in [3.63, 3.8) is 0 Å². The first-order valence-corrected chi connectivity index (χ1v) is 9.69. The molecule has 0 bridgehead atoms. The number of ether oxygens (including phenoxy) is 1. The monoisotopic (exact) mass is 494 g/mol. The Morgan fingerprint density at radius 2 is 1.96 bits per heavy atom. The van der Waals surface area contributed by atoms with Gasteiger partial charge in [-0.1, -0.05) is 29.8 Å². The normalized spacial score (nSPS) is 11.2. The third kappa shape index (κ3) is 6.19. The number of halogens is 3. The fourth-order valence-corrected chi connectivity index (χ4v) is 3.50. The van der Waals surface area contributed by atoms with Crippen molar-refractivity contribution in [1.29, 1.82) is 5.26 Å². The number of nitrogens with zero attached hydrogens (tertiary/aromatic N) is 1. The van der Waals surface area contributed by atoms with E-state index in [0.29, 0.717) is 34.0 Å². The quantitative estimate of drug-likeness (QED) is 0.399. The van der Waals surface area contributed by atoms with Gasteiger partial charge in [-0.15, -0.1) is 0 Å². The lowest BCUT2D eigenvalue weighted by Crippen LogP contribution is -2.13. The third-order valence-electron chi connectivity index (χ3n) is 3.37. The van der Waals surface area contributed by atoms with Crippen LogP contribution in [0.5, 0.6) is 5.75 Å². The number of benzene rings is 2. The second-order valence-electron chi connectivity index (χ2n) is 6.14. The molecule has 0 aromatic heterocycles. The van der Waals surface area contributed by atoms with Gasteiger partial charge in [0, 0.05) is 15.7 Å². The van der Waals surface area contributed by atoms with E-state index in [-0.39, 0.29) is 5.57 Å². The molecule has 2 aromatic rings. The lowest BCUT2D eigenvalue weighted by atomic mass is 10.1. The predicted molar refractivity (Wildman–Crippen MR) is 111 cm³/mol. The summed E-state index contributed by atoms with van der Waals surface area (Å²) in [5, 5.41) is 12.0. The van der Waals surface area contributed by atoms with Gasteiger partial charge in [-0.05, 0) is 64.3 Å². The molecule has 2 aromatic carbocycles. The number of anilines is 1. The van der Waals surface area contributed by atoms with Gasteiger partial charge in [0.2, 0.25) is 0 Å². The van der Waals surface area contributed by atoms with Crippen LogP contribution in [-0.2, 0) is 4.79 Å². The standard InChI is InChI=1S/C20H17Br2FN2O2/c1-12(2)11-27-19-13(8-15(21)9-18(19)22)7-14(10-24)20(26)25-17-5-3-16(23)4-6-17/h3-9,12H,11H2,1-2H3,(H,25,26)/b14-7+. The molecule has 0 heterocycles. The molecular weight excluding hydrogens is 479 g/mol. The molecule has 0 radical (unpaired) electrons. The summed E-state index contributed by atoms with van der Waals surface area (Å²) in [6.07, 6.45) is 1.46. The summed E-state index contributed by atoms with van der Waals surface area (Å²) >= 11 is 6.86. The molecule has 27 heavy (non-hydrogen) atoms. The van der Waals surface area contributed by atoms with Gasteiger partial charge in [-0.2, -0.15) is 5.26 Å². The molecule has 1 amide bonds. The Bertz CT molecular complexity index is 903. The highest BCUT2D eigenvalue weighted by Crippen LogP contribution is 2.34. The van der Waals surface area contributed by atoms with Crippen molar-refractivity contribution in [2.45, 2.75) is 13.8 Å². The first-order valence-electron chi connectivity index (χ1n) is 8.10. The second-order valence-corrected chi connectivity index (χ2v) is 7.91. The predicted octanol–water partition coefficient (Wildman–Crippen LogP) is 5.93. The van der Waals surface area contributed by atoms with E-state index in [2.05, 4.69) is 37.2 Å². The van der Waals surface area contributed by atoms with Crippen molar-refractivity contribution in [3.8, 4) is 11.8 Å². The van der Waals surface area contributed by atoms with E-state index in [0.717, 1.165) is 4.47 Å². The van der Waals surface area contributed by atoms with Crippen molar-refractivity contribution in [3.05, 3.63) is 62.3 Å². The van der Waals surface area contributed by atoms with Gasteiger partial charge in [0.25, 0.3) is 5.91 Å². The Morgan fingerprint density at radius 3 is 2.56 bits per heavy atom. The number of rotatable bonds is 6. The maximum absolute atomic E-state index is 13.0. The molecule has 0 unspecified atom stereocenters. The minimum absolute atomic E-state index is 0.0984. The largest absolute Gasteiger partial charge is 0.492 e. The molecule has 0 saturated carbocycles. The van der Waals surface area contributed by atoms with Gasteiger partial charge in [0.1, 0.15) is 23.2 Å². The Kier molecular flexibility index (Phi) is 7.57. The maximum Gasteiger partial charge on any atom is 0.266 e. The highest BCUT2D eigenvalue weighted by atomic mass is 79.9. The van der Waals surface area contributed by atoms with Crippen LogP contribution in [0.15, 0.2) is 50.9 Å². The number of hydrogen-bond acceptors (Lipinski definition) is 3. The molecule has 1 N–H and O–H groups in total. The van der Waals surface area contributed by atoms with E-state index < -0.39 is 11.7 Å². The Labute approximate surface area is 174 Å². The van der Waals surface area contributed by atoms with Crippen molar-refractivity contribution in [1.82, 2.24) is 0 Å². The van der Waals surface area contributed by atoms with Crippen LogP contribution in [0.3, 0.4) is 0 Å². The topological polar surface area (TPSA) is 62.1 Å². The number of amides is 1. The molecule has 0 spiro atoms. The summed E-state index contributed by atoms with van der Waals surface area (Å²) in [5.74, 6) is -0.131. The smallest absolute Gasteiger partial charge is 0.266 e. The number of hydrogen-bond donors (Lipinski definition) is 1. The van der Waals surface area contributed by atoms with Crippen LogP contribution in [0.2, 0.25) is 0 Å². The van der Waals surface area contributed by atoms with Crippen LogP contribution in [0.4, 0.5) is 10.1 Å². The van der Waals surface area contributed by atoms with E-state index in [4.69, 9.17) is 4.74 Å². The zero-order valence-corrected chi connectivity index (χ0v) is 17.9. The van der Waals surface area contributed by atoms with Gasteiger partial charge in [0.05, 0.1) is 11.1 Å². The number of carbonyl (C=O) groups excluding carboxylic acids is 1. The summed E-state index contributed by atoms with van der Waals surface area (Å²) < 4.78 is 20.3. The summed E-state index contributed by atoms with van der Waals surface area (Å²) in [7, 11) is 0. The molecule has 0 fully saturated rings. The van der Waals surface area contributed by atoms with Gasteiger partial charge in [-0.25, -0.2) is 4.39 Å². The molecule has 0 saturated heterocycles. The second kappa shape index (κ2) is 9.67. The van der Waals surface area contributed by atoms with Crippen molar-refractivity contribution in [2.75, 3.05) is 11.9 Å². The Hall–Kier alpha value is -2.17. The van der Waals surface area contributed by atoms with Gasteiger partial charge < -0.3 is 10.1 Å². The molecular formula is C20H17Br2FN2O2.